The molecule has 6 aliphatic rings. The largest absolute Gasteiger partial charge is 0.392 e. The van der Waals surface area contributed by atoms with Gasteiger partial charge in [0.05, 0.1) is 18.8 Å². The quantitative estimate of drug-likeness (QED) is 0.164. The standard InChI is InChI=1S/C45H57N3O4/c1-3-20-48(39-9-5-6-10-39)28-41-30(2)42(36-14-12-31(29-49)13-15-36)52-43(51-41)37-18-16-35(17-19-37)40-11-7-4-8-38(40)27-46-44(50)47-45-24-32-21-33(25-45)23-34(22-32)26-45/h3-4,7-8,11-19,30,32-34,39,41-43,49H,1,5-6,9-10,20-29H2,2H3,(H2,46,47,50). The highest BCUT2D eigenvalue weighted by Crippen LogP contribution is 2.55. The molecule has 276 valence electrons. The summed E-state index contributed by atoms with van der Waals surface area (Å²) in [7, 11) is 0. The second-order valence-electron chi connectivity index (χ2n) is 16.8. The summed E-state index contributed by atoms with van der Waals surface area (Å²) in [4.78, 5) is 15.9. The van der Waals surface area contributed by atoms with Gasteiger partial charge in [-0.2, -0.15) is 0 Å². The van der Waals surface area contributed by atoms with Crippen molar-refractivity contribution in [3.8, 4) is 11.1 Å². The number of nitrogens with zero attached hydrogens (tertiary/aromatic N) is 1. The van der Waals surface area contributed by atoms with Gasteiger partial charge in [-0.15, -0.1) is 6.58 Å². The Balaban J connectivity index is 0.974. The SMILES string of the molecule is C=CCN(CC1OC(c2ccc(-c3ccccc3CNC(=O)NC34CC5CC(CC(C5)C3)C4)cc2)OC(c2ccc(CO)cc2)C1C)C1CCCC1. The third-order valence-corrected chi connectivity index (χ3v) is 13.1. The number of amides is 2. The number of ether oxygens (including phenoxy) is 2. The molecular weight excluding hydrogens is 647 g/mol. The number of urea groups is 1. The summed E-state index contributed by atoms with van der Waals surface area (Å²) in [5.74, 6) is 2.51. The summed E-state index contributed by atoms with van der Waals surface area (Å²) in [5.41, 5.74) is 6.28. The van der Waals surface area contributed by atoms with Crippen molar-refractivity contribution in [2.24, 2.45) is 23.7 Å². The van der Waals surface area contributed by atoms with Crippen LogP contribution in [0.25, 0.3) is 11.1 Å². The second-order valence-corrected chi connectivity index (χ2v) is 16.8. The van der Waals surface area contributed by atoms with E-state index < -0.39 is 6.29 Å². The van der Waals surface area contributed by atoms with Gasteiger partial charge < -0.3 is 25.2 Å². The molecular formula is C45H57N3O4. The summed E-state index contributed by atoms with van der Waals surface area (Å²) in [6.07, 6.45) is 13.9. The number of hydrogen-bond donors (Lipinski definition) is 3. The third-order valence-electron chi connectivity index (χ3n) is 13.1. The van der Waals surface area contributed by atoms with Gasteiger partial charge in [-0.05, 0) is 96.9 Å². The summed E-state index contributed by atoms with van der Waals surface area (Å²) < 4.78 is 13.7. The van der Waals surface area contributed by atoms with Crippen molar-refractivity contribution in [2.75, 3.05) is 13.1 Å². The van der Waals surface area contributed by atoms with Gasteiger partial charge in [0, 0.05) is 42.7 Å². The lowest BCUT2D eigenvalue weighted by atomic mass is 9.53. The summed E-state index contributed by atoms with van der Waals surface area (Å²) in [5, 5.41) is 16.3. The molecule has 9 rings (SSSR count). The number of aliphatic hydroxyl groups is 1. The van der Waals surface area contributed by atoms with Gasteiger partial charge in [0.15, 0.2) is 6.29 Å². The molecule has 7 heteroatoms. The molecule has 3 N–H and O–H groups in total. The van der Waals surface area contributed by atoms with E-state index in [0.717, 1.165) is 83.5 Å². The highest BCUT2D eigenvalue weighted by Gasteiger charge is 2.51. The predicted octanol–water partition coefficient (Wildman–Crippen LogP) is 8.84. The molecule has 3 aromatic rings. The molecule has 0 aromatic heterocycles. The fourth-order valence-electron chi connectivity index (χ4n) is 10.9. The van der Waals surface area contributed by atoms with Crippen molar-refractivity contribution in [2.45, 2.75) is 114 Å². The van der Waals surface area contributed by atoms with Crippen LogP contribution < -0.4 is 10.6 Å². The summed E-state index contributed by atoms with van der Waals surface area (Å²) in [6, 6.07) is 25.6. The number of benzene rings is 3. The Morgan fingerprint density at radius 3 is 2.21 bits per heavy atom. The maximum atomic E-state index is 13.3. The molecule has 0 spiro atoms. The molecule has 1 aliphatic heterocycles. The number of nitrogens with one attached hydrogen (secondary N) is 2. The Kier molecular flexibility index (Phi) is 10.6. The average molecular weight is 704 g/mol. The van der Waals surface area contributed by atoms with Crippen LogP contribution >= 0.6 is 0 Å². The maximum absolute atomic E-state index is 13.3. The smallest absolute Gasteiger partial charge is 0.315 e. The minimum Gasteiger partial charge on any atom is -0.392 e. The minimum absolute atomic E-state index is 0.00340. The van der Waals surface area contributed by atoms with E-state index in [4.69, 9.17) is 9.47 Å². The number of carbonyl (C=O) groups excluding carboxylic acids is 1. The number of rotatable bonds is 12. The van der Waals surface area contributed by atoms with Gasteiger partial charge >= 0.3 is 6.03 Å². The summed E-state index contributed by atoms with van der Waals surface area (Å²) in [6.45, 7) is 8.49. The van der Waals surface area contributed by atoms with Crippen molar-refractivity contribution in [1.29, 1.82) is 0 Å². The van der Waals surface area contributed by atoms with Gasteiger partial charge in [-0.1, -0.05) is 98.6 Å². The van der Waals surface area contributed by atoms with Crippen molar-refractivity contribution < 1.29 is 19.4 Å². The Morgan fingerprint density at radius 2 is 1.56 bits per heavy atom. The van der Waals surface area contributed by atoms with E-state index in [1.165, 1.54) is 44.9 Å². The fourth-order valence-corrected chi connectivity index (χ4v) is 10.9. The molecule has 5 saturated carbocycles. The van der Waals surface area contributed by atoms with Crippen LogP contribution in [-0.4, -0.2) is 46.8 Å². The van der Waals surface area contributed by atoms with Crippen LogP contribution in [0.5, 0.6) is 0 Å². The van der Waals surface area contributed by atoms with E-state index >= 15 is 0 Å². The topological polar surface area (TPSA) is 83.1 Å². The molecule has 0 radical (unpaired) electrons. The van der Waals surface area contributed by atoms with Gasteiger partial charge in [-0.25, -0.2) is 4.79 Å². The minimum atomic E-state index is -0.517. The van der Waals surface area contributed by atoms with E-state index in [1.807, 2.05) is 24.3 Å². The van der Waals surface area contributed by atoms with Crippen molar-refractivity contribution in [1.82, 2.24) is 15.5 Å². The van der Waals surface area contributed by atoms with E-state index in [0.29, 0.717) is 12.6 Å². The molecule has 4 unspecified atom stereocenters. The first-order chi connectivity index (χ1) is 25.4. The zero-order valence-electron chi connectivity index (χ0n) is 30.9. The lowest BCUT2D eigenvalue weighted by Crippen LogP contribution is -2.61. The van der Waals surface area contributed by atoms with Crippen molar-refractivity contribution >= 4 is 6.03 Å². The molecule has 7 nitrogen and oxygen atoms in total. The predicted molar refractivity (Wildman–Crippen MR) is 205 cm³/mol. The third kappa shape index (κ3) is 7.61. The van der Waals surface area contributed by atoms with E-state index in [1.54, 1.807) is 0 Å². The Bertz CT molecular complexity index is 1650. The zero-order chi connectivity index (χ0) is 35.7. The number of aliphatic hydroxyl groups excluding tert-OH is 1. The van der Waals surface area contributed by atoms with Crippen molar-refractivity contribution in [3.05, 3.63) is 108 Å². The van der Waals surface area contributed by atoms with Crippen LogP contribution in [0.1, 0.15) is 106 Å². The van der Waals surface area contributed by atoms with Gasteiger partial charge in [0.2, 0.25) is 0 Å². The second kappa shape index (κ2) is 15.5. The Hall–Kier alpha value is -3.49. The number of hydrogen-bond acceptors (Lipinski definition) is 5. The van der Waals surface area contributed by atoms with E-state index in [9.17, 15) is 9.90 Å². The lowest BCUT2D eigenvalue weighted by Gasteiger charge is -2.56. The van der Waals surface area contributed by atoms with Crippen LogP contribution in [-0.2, 0) is 22.6 Å². The Labute approximate surface area is 310 Å². The Morgan fingerprint density at radius 1 is 0.904 bits per heavy atom. The normalized spacial score (nSPS) is 31.2. The average Bonchev–Trinajstić information content (AvgIpc) is 3.69. The lowest BCUT2D eigenvalue weighted by molar-refractivity contribution is -0.276. The molecule has 4 atom stereocenters. The first kappa shape index (κ1) is 35.5. The molecule has 6 fully saturated rings. The van der Waals surface area contributed by atoms with Gasteiger partial charge in [0.25, 0.3) is 0 Å². The highest BCUT2D eigenvalue weighted by molar-refractivity contribution is 5.76. The summed E-state index contributed by atoms with van der Waals surface area (Å²) >= 11 is 0. The van der Waals surface area contributed by atoms with Gasteiger partial charge in [-0.3, -0.25) is 4.90 Å². The zero-order valence-corrected chi connectivity index (χ0v) is 30.9. The first-order valence-electron chi connectivity index (χ1n) is 20.0. The molecule has 52 heavy (non-hydrogen) atoms. The highest BCUT2D eigenvalue weighted by atomic mass is 16.7. The number of carbonyl (C=O) groups is 1. The van der Waals surface area contributed by atoms with Crippen LogP contribution in [0, 0.1) is 23.7 Å². The van der Waals surface area contributed by atoms with Gasteiger partial charge in [0.1, 0.15) is 0 Å². The molecule has 2 amide bonds. The maximum Gasteiger partial charge on any atom is 0.315 e. The monoisotopic (exact) mass is 703 g/mol. The van der Waals surface area contributed by atoms with E-state index in [2.05, 4.69) is 83.6 Å². The molecule has 5 aliphatic carbocycles. The molecule has 1 saturated heterocycles. The molecule has 1 heterocycles. The van der Waals surface area contributed by atoms with Crippen LogP contribution in [0.15, 0.2) is 85.5 Å². The molecule has 3 aromatic carbocycles. The van der Waals surface area contributed by atoms with Crippen LogP contribution in [0.4, 0.5) is 4.79 Å². The van der Waals surface area contributed by atoms with Crippen LogP contribution in [0.2, 0.25) is 0 Å². The van der Waals surface area contributed by atoms with Crippen LogP contribution in [0.3, 0.4) is 0 Å². The fraction of sp³-hybridized carbons (Fsp3) is 0.533. The van der Waals surface area contributed by atoms with E-state index in [-0.39, 0.29) is 36.3 Å². The van der Waals surface area contributed by atoms with Crippen molar-refractivity contribution in [3.63, 3.8) is 0 Å². The first-order valence-corrected chi connectivity index (χ1v) is 20.0. The molecule has 4 bridgehead atoms.